The number of halogens is 1. The highest BCUT2D eigenvalue weighted by Gasteiger charge is 2.21. The highest BCUT2D eigenvalue weighted by Crippen LogP contribution is 2.30. The van der Waals surface area contributed by atoms with E-state index in [2.05, 4.69) is 22.2 Å². The number of nitrogens with zero attached hydrogens (tertiary/aromatic N) is 1. The summed E-state index contributed by atoms with van der Waals surface area (Å²) in [5.41, 5.74) is 0.344. The van der Waals surface area contributed by atoms with E-state index in [4.69, 9.17) is 4.74 Å². The second-order valence-corrected chi connectivity index (χ2v) is 6.85. The lowest BCUT2D eigenvalue weighted by Crippen LogP contribution is -2.13. The van der Waals surface area contributed by atoms with Gasteiger partial charge in [0.25, 0.3) is 5.91 Å². The Morgan fingerprint density at radius 3 is 2.81 bits per heavy atom. The zero-order chi connectivity index (χ0) is 18.5. The fraction of sp³-hybridized carbons (Fsp3) is 0.278. The number of benzene rings is 1. The quantitative estimate of drug-likeness (QED) is 0.783. The number of amides is 2. The summed E-state index contributed by atoms with van der Waals surface area (Å²) in [6, 6.07) is 3.96. The molecule has 1 aromatic carbocycles. The lowest BCUT2D eigenvalue weighted by molar-refractivity contribution is -0.111. The fourth-order valence-electron chi connectivity index (χ4n) is 2.60. The van der Waals surface area contributed by atoms with Crippen LogP contribution in [-0.4, -0.2) is 30.0 Å². The summed E-state index contributed by atoms with van der Waals surface area (Å²) in [6.45, 7) is 4.74. The standard InChI is InChI=1S/C18H18FN3O3S/c1-2-16(23)22-14-9-12(3-4-13(14)19)21-17(24)15-10-20-18(26-15)11-5-7-25-8-6-11/h2-4,9-11H,1,5-8H2,(H,21,24)(H,22,23). The minimum absolute atomic E-state index is 0.0279. The molecule has 2 N–H and O–H groups in total. The Morgan fingerprint density at radius 1 is 1.31 bits per heavy atom. The number of rotatable bonds is 5. The maximum absolute atomic E-state index is 13.8. The molecule has 0 atom stereocenters. The van der Waals surface area contributed by atoms with Crippen LogP contribution in [0.25, 0.3) is 0 Å². The number of carbonyl (C=O) groups excluding carboxylic acids is 2. The van der Waals surface area contributed by atoms with Gasteiger partial charge in [0.15, 0.2) is 0 Å². The molecule has 8 heteroatoms. The summed E-state index contributed by atoms with van der Waals surface area (Å²) in [7, 11) is 0. The van der Waals surface area contributed by atoms with E-state index in [-0.39, 0.29) is 11.6 Å². The van der Waals surface area contributed by atoms with Crippen molar-refractivity contribution in [2.24, 2.45) is 0 Å². The summed E-state index contributed by atoms with van der Waals surface area (Å²) in [6.07, 6.45) is 4.40. The van der Waals surface area contributed by atoms with Gasteiger partial charge < -0.3 is 15.4 Å². The first-order chi connectivity index (χ1) is 12.6. The van der Waals surface area contributed by atoms with Crippen LogP contribution < -0.4 is 10.6 Å². The first kappa shape index (κ1) is 18.2. The Labute approximate surface area is 154 Å². The SMILES string of the molecule is C=CC(=O)Nc1cc(NC(=O)c2cnc(C3CCOCC3)s2)ccc1F. The summed E-state index contributed by atoms with van der Waals surface area (Å²) in [5.74, 6) is -1.14. The minimum Gasteiger partial charge on any atom is -0.381 e. The first-order valence-electron chi connectivity index (χ1n) is 8.14. The van der Waals surface area contributed by atoms with E-state index in [0.717, 1.165) is 23.9 Å². The molecule has 0 radical (unpaired) electrons. The monoisotopic (exact) mass is 375 g/mol. The van der Waals surface area contributed by atoms with E-state index in [1.807, 2.05) is 0 Å². The average molecular weight is 375 g/mol. The third-order valence-electron chi connectivity index (χ3n) is 3.99. The highest BCUT2D eigenvalue weighted by atomic mass is 32.1. The van der Waals surface area contributed by atoms with Gasteiger partial charge in [-0.3, -0.25) is 9.59 Å². The van der Waals surface area contributed by atoms with Crippen LogP contribution in [0.1, 0.15) is 33.4 Å². The zero-order valence-electron chi connectivity index (χ0n) is 14.0. The van der Waals surface area contributed by atoms with Crippen molar-refractivity contribution >= 4 is 34.5 Å². The van der Waals surface area contributed by atoms with Gasteiger partial charge in [0.1, 0.15) is 10.7 Å². The molecule has 136 valence electrons. The van der Waals surface area contributed by atoms with Crippen molar-refractivity contribution in [2.45, 2.75) is 18.8 Å². The zero-order valence-corrected chi connectivity index (χ0v) is 14.8. The lowest BCUT2D eigenvalue weighted by Gasteiger charge is -2.19. The predicted molar refractivity (Wildman–Crippen MR) is 98.1 cm³/mol. The molecule has 0 unspecified atom stereocenters. The van der Waals surface area contributed by atoms with E-state index in [1.165, 1.54) is 29.5 Å². The Hall–Kier alpha value is -2.58. The molecule has 6 nitrogen and oxygen atoms in total. The van der Waals surface area contributed by atoms with Gasteiger partial charge in [-0.05, 0) is 37.1 Å². The lowest BCUT2D eigenvalue weighted by atomic mass is 10.0. The van der Waals surface area contributed by atoms with Gasteiger partial charge in [0.2, 0.25) is 5.91 Å². The summed E-state index contributed by atoms with van der Waals surface area (Å²) in [5, 5.41) is 5.98. The largest absolute Gasteiger partial charge is 0.381 e. The van der Waals surface area contributed by atoms with Gasteiger partial charge in [0.05, 0.1) is 16.9 Å². The second kappa shape index (κ2) is 8.20. The number of carbonyl (C=O) groups is 2. The number of aromatic nitrogens is 1. The second-order valence-electron chi connectivity index (χ2n) is 5.79. The van der Waals surface area contributed by atoms with Crippen LogP contribution in [0.3, 0.4) is 0 Å². The molecular weight excluding hydrogens is 357 g/mol. The number of ether oxygens (including phenoxy) is 1. The van der Waals surface area contributed by atoms with Gasteiger partial charge in [-0.15, -0.1) is 11.3 Å². The van der Waals surface area contributed by atoms with Crippen LogP contribution in [0.2, 0.25) is 0 Å². The van der Waals surface area contributed by atoms with Crippen LogP contribution in [0.15, 0.2) is 37.1 Å². The first-order valence-corrected chi connectivity index (χ1v) is 8.96. The molecule has 2 heterocycles. The molecule has 3 rings (SSSR count). The number of thiazole rings is 1. The maximum Gasteiger partial charge on any atom is 0.267 e. The van der Waals surface area contributed by atoms with Crippen LogP contribution in [0.4, 0.5) is 15.8 Å². The van der Waals surface area contributed by atoms with Crippen molar-refractivity contribution < 1.29 is 18.7 Å². The van der Waals surface area contributed by atoms with E-state index in [0.29, 0.717) is 29.7 Å². The number of hydrogen-bond acceptors (Lipinski definition) is 5. The van der Waals surface area contributed by atoms with Crippen molar-refractivity contribution in [2.75, 3.05) is 23.8 Å². The summed E-state index contributed by atoms with van der Waals surface area (Å²) >= 11 is 1.35. The maximum atomic E-state index is 13.8. The van der Waals surface area contributed by atoms with Crippen molar-refractivity contribution in [3.05, 3.63) is 52.8 Å². The van der Waals surface area contributed by atoms with Crippen molar-refractivity contribution in [1.29, 1.82) is 0 Å². The fourth-order valence-corrected chi connectivity index (χ4v) is 3.58. The van der Waals surface area contributed by atoms with E-state index >= 15 is 0 Å². The average Bonchev–Trinajstić information content (AvgIpc) is 3.15. The molecule has 2 aromatic rings. The van der Waals surface area contributed by atoms with Crippen LogP contribution in [-0.2, 0) is 9.53 Å². The molecule has 0 aliphatic carbocycles. The third-order valence-corrected chi connectivity index (χ3v) is 5.14. The molecule has 1 saturated heterocycles. The molecule has 2 amide bonds. The van der Waals surface area contributed by atoms with Gasteiger partial charge in [-0.25, -0.2) is 9.37 Å². The molecule has 1 aliphatic rings. The van der Waals surface area contributed by atoms with Gasteiger partial charge in [-0.2, -0.15) is 0 Å². The highest BCUT2D eigenvalue weighted by molar-refractivity contribution is 7.13. The molecule has 1 fully saturated rings. The number of hydrogen-bond donors (Lipinski definition) is 2. The van der Waals surface area contributed by atoms with Crippen molar-refractivity contribution in [3.8, 4) is 0 Å². The number of nitrogens with one attached hydrogen (secondary N) is 2. The van der Waals surface area contributed by atoms with Gasteiger partial charge >= 0.3 is 0 Å². The van der Waals surface area contributed by atoms with Crippen LogP contribution >= 0.6 is 11.3 Å². The molecular formula is C18H18FN3O3S. The van der Waals surface area contributed by atoms with Crippen molar-refractivity contribution in [1.82, 2.24) is 4.98 Å². The smallest absolute Gasteiger partial charge is 0.267 e. The molecule has 0 spiro atoms. The van der Waals surface area contributed by atoms with Gasteiger partial charge in [0, 0.05) is 24.8 Å². The Kier molecular flexibility index (Phi) is 5.75. The molecule has 1 aliphatic heterocycles. The number of anilines is 2. The van der Waals surface area contributed by atoms with Crippen molar-refractivity contribution in [3.63, 3.8) is 0 Å². The van der Waals surface area contributed by atoms with Crippen LogP contribution in [0, 0.1) is 5.82 Å². The minimum atomic E-state index is -0.599. The normalized spacial score (nSPS) is 14.7. The summed E-state index contributed by atoms with van der Waals surface area (Å²) in [4.78, 5) is 28.6. The topological polar surface area (TPSA) is 80.3 Å². The van der Waals surface area contributed by atoms with Crippen LogP contribution in [0.5, 0.6) is 0 Å². The van der Waals surface area contributed by atoms with E-state index < -0.39 is 11.7 Å². The Morgan fingerprint density at radius 2 is 2.08 bits per heavy atom. The molecule has 0 saturated carbocycles. The van der Waals surface area contributed by atoms with E-state index in [9.17, 15) is 14.0 Å². The Balaban J connectivity index is 1.69. The van der Waals surface area contributed by atoms with Gasteiger partial charge in [-0.1, -0.05) is 6.58 Å². The Bertz CT molecular complexity index is 831. The molecule has 0 bridgehead atoms. The summed E-state index contributed by atoms with van der Waals surface area (Å²) < 4.78 is 19.1. The molecule has 26 heavy (non-hydrogen) atoms. The third kappa shape index (κ3) is 4.33. The predicted octanol–water partition coefficient (Wildman–Crippen LogP) is 3.55. The van der Waals surface area contributed by atoms with E-state index in [1.54, 1.807) is 6.20 Å². The molecule has 1 aromatic heterocycles.